The molecule has 1 aromatic rings. The van der Waals surface area contributed by atoms with Crippen molar-refractivity contribution in [2.45, 2.75) is 53.1 Å². The van der Waals surface area contributed by atoms with Crippen molar-refractivity contribution in [1.29, 1.82) is 0 Å². The maximum Gasteiger partial charge on any atom is 0.221 e. The molecule has 116 valence electrons. The maximum absolute atomic E-state index is 11.7. The zero-order valence-corrected chi connectivity index (χ0v) is 13.4. The van der Waals surface area contributed by atoms with Crippen LogP contribution in [0.1, 0.15) is 46.1 Å². The molecule has 0 aromatic heterocycles. The summed E-state index contributed by atoms with van der Waals surface area (Å²) in [6.45, 7) is 7.71. The number of amides is 2. The number of nitrogens with one attached hydrogen (secondary N) is 2. The van der Waals surface area contributed by atoms with Gasteiger partial charge in [0, 0.05) is 18.3 Å². The van der Waals surface area contributed by atoms with Crippen molar-refractivity contribution < 1.29 is 9.59 Å². The molecule has 0 heterocycles. The largest absolute Gasteiger partial charge is 0.336 e. The van der Waals surface area contributed by atoms with Crippen LogP contribution in [0, 0.1) is 5.41 Å². The number of benzene rings is 1. The maximum atomic E-state index is 11.7. The first-order chi connectivity index (χ1) is 9.89. The predicted octanol–water partition coefficient (Wildman–Crippen LogP) is 2.63. The number of hydrogen-bond acceptors (Lipinski definition) is 2. The number of rotatable bonds is 7. The minimum absolute atomic E-state index is 0.0578. The Kier molecular flexibility index (Phi) is 6.40. The molecular formula is C17H26N2O2. The van der Waals surface area contributed by atoms with Crippen LogP contribution in [0.5, 0.6) is 0 Å². The van der Waals surface area contributed by atoms with Crippen LogP contribution in [0.2, 0.25) is 0 Å². The fourth-order valence-electron chi connectivity index (χ4n) is 2.18. The van der Waals surface area contributed by atoms with Crippen LogP contribution in [0.25, 0.3) is 0 Å². The summed E-state index contributed by atoms with van der Waals surface area (Å²) in [6, 6.07) is 10.1. The molecule has 0 aliphatic heterocycles. The average molecular weight is 290 g/mol. The Bertz CT molecular complexity index is 451. The highest BCUT2D eigenvalue weighted by molar-refractivity contribution is 5.79. The van der Waals surface area contributed by atoms with Gasteiger partial charge in [0.25, 0.3) is 0 Å². The van der Waals surface area contributed by atoms with Gasteiger partial charge in [0.05, 0.1) is 0 Å². The van der Waals surface area contributed by atoms with Crippen molar-refractivity contribution >= 4 is 11.8 Å². The summed E-state index contributed by atoms with van der Waals surface area (Å²) >= 11 is 0. The van der Waals surface area contributed by atoms with Gasteiger partial charge in [-0.25, -0.2) is 0 Å². The molecule has 0 radical (unpaired) electrons. The van der Waals surface area contributed by atoms with Crippen LogP contribution < -0.4 is 10.6 Å². The van der Waals surface area contributed by atoms with Gasteiger partial charge in [-0.3, -0.25) is 9.59 Å². The highest BCUT2D eigenvalue weighted by Gasteiger charge is 2.31. The molecule has 0 aliphatic carbocycles. The normalized spacial score (nSPS) is 11.3. The Morgan fingerprint density at radius 2 is 1.48 bits per heavy atom. The molecule has 1 aromatic carbocycles. The van der Waals surface area contributed by atoms with Gasteiger partial charge in [-0.15, -0.1) is 0 Å². The lowest BCUT2D eigenvalue weighted by molar-refractivity contribution is -0.125. The Morgan fingerprint density at radius 1 is 1.00 bits per heavy atom. The summed E-state index contributed by atoms with van der Waals surface area (Å²) in [5, 5.41) is 5.84. The number of carbonyl (C=O) groups is 2. The van der Waals surface area contributed by atoms with E-state index < -0.39 is 0 Å². The van der Waals surface area contributed by atoms with E-state index in [1.165, 1.54) is 5.56 Å². The van der Waals surface area contributed by atoms with Gasteiger partial charge >= 0.3 is 0 Å². The molecule has 4 heteroatoms. The molecule has 0 fully saturated rings. The van der Waals surface area contributed by atoms with Crippen molar-refractivity contribution in [2.24, 2.45) is 5.41 Å². The first kappa shape index (κ1) is 17.2. The van der Waals surface area contributed by atoms with E-state index in [2.05, 4.69) is 36.6 Å². The summed E-state index contributed by atoms with van der Waals surface area (Å²) in [7, 11) is 0. The van der Waals surface area contributed by atoms with Crippen LogP contribution in [0.4, 0.5) is 0 Å². The monoisotopic (exact) mass is 290 g/mol. The first-order valence-electron chi connectivity index (χ1n) is 7.51. The molecule has 2 amide bonds. The summed E-state index contributed by atoms with van der Waals surface area (Å²) in [5.41, 5.74) is 0.904. The van der Waals surface area contributed by atoms with E-state index in [1.54, 1.807) is 13.8 Å². The van der Waals surface area contributed by atoms with E-state index in [0.717, 1.165) is 6.42 Å². The van der Waals surface area contributed by atoms with Gasteiger partial charge in [0.1, 0.15) is 6.17 Å². The van der Waals surface area contributed by atoms with Crippen LogP contribution in [0.3, 0.4) is 0 Å². The standard InChI is InChI=1S/C17H26N2O2/c1-5-14(20)18-16(19-15(21)6-2)17(3,4)12-13-10-8-7-9-11-13/h7-11,16H,5-6,12H2,1-4H3,(H,18,20)(H,19,21). The lowest BCUT2D eigenvalue weighted by Gasteiger charge is -2.35. The van der Waals surface area contributed by atoms with Crippen LogP contribution in [-0.2, 0) is 16.0 Å². The third-order valence-corrected chi connectivity index (χ3v) is 3.54. The quantitative estimate of drug-likeness (QED) is 0.758. The second-order valence-electron chi connectivity index (χ2n) is 5.93. The zero-order valence-electron chi connectivity index (χ0n) is 13.4. The van der Waals surface area contributed by atoms with E-state index in [1.807, 2.05) is 18.2 Å². The van der Waals surface area contributed by atoms with E-state index in [9.17, 15) is 9.59 Å². The Labute approximate surface area is 127 Å². The van der Waals surface area contributed by atoms with Crippen LogP contribution >= 0.6 is 0 Å². The molecular weight excluding hydrogens is 264 g/mol. The van der Waals surface area contributed by atoms with E-state index in [-0.39, 0.29) is 23.4 Å². The summed E-state index contributed by atoms with van der Waals surface area (Å²) in [5.74, 6) is -0.116. The molecule has 0 bridgehead atoms. The topological polar surface area (TPSA) is 58.2 Å². The smallest absolute Gasteiger partial charge is 0.221 e. The van der Waals surface area contributed by atoms with Crippen molar-refractivity contribution in [3.8, 4) is 0 Å². The zero-order chi connectivity index (χ0) is 15.9. The van der Waals surface area contributed by atoms with Crippen LogP contribution in [0.15, 0.2) is 30.3 Å². The first-order valence-corrected chi connectivity index (χ1v) is 7.51. The third-order valence-electron chi connectivity index (χ3n) is 3.54. The average Bonchev–Trinajstić information content (AvgIpc) is 2.46. The lowest BCUT2D eigenvalue weighted by atomic mass is 9.82. The SMILES string of the molecule is CCC(=O)NC(NC(=O)CC)C(C)(C)Cc1ccccc1. The molecule has 21 heavy (non-hydrogen) atoms. The fourth-order valence-corrected chi connectivity index (χ4v) is 2.18. The molecule has 4 nitrogen and oxygen atoms in total. The van der Waals surface area contributed by atoms with Gasteiger partial charge in [0.2, 0.25) is 11.8 Å². The van der Waals surface area contributed by atoms with Crippen molar-refractivity contribution in [2.75, 3.05) is 0 Å². The fraction of sp³-hybridized carbons (Fsp3) is 0.529. The molecule has 0 unspecified atom stereocenters. The van der Waals surface area contributed by atoms with E-state index in [0.29, 0.717) is 12.8 Å². The number of hydrogen-bond donors (Lipinski definition) is 2. The predicted molar refractivity (Wildman–Crippen MR) is 84.6 cm³/mol. The molecule has 0 saturated carbocycles. The third kappa shape index (κ3) is 5.58. The molecule has 1 rings (SSSR count). The lowest BCUT2D eigenvalue weighted by Crippen LogP contribution is -2.56. The second-order valence-corrected chi connectivity index (χ2v) is 5.93. The van der Waals surface area contributed by atoms with Crippen molar-refractivity contribution in [1.82, 2.24) is 10.6 Å². The highest BCUT2D eigenvalue weighted by Crippen LogP contribution is 2.25. The minimum atomic E-state index is -0.377. The van der Waals surface area contributed by atoms with Crippen molar-refractivity contribution in [3.05, 3.63) is 35.9 Å². The molecule has 0 saturated heterocycles. The summed E-state index contributed by atoms with van der Waals surface area (Å²) in [6.07, 6.45) is 1.20. The van der Waals surface area contributed by atoms with E-state index >= 15 is 0 Å². The van der Waals surface area contributed by atoms with Gasteiger partial charge in [-0.05, 0) is 12.0 Å². The molecule has 0 spiro atoms. The molecule has 2 N–H and O–H groups in total. The van der Waals surface area contributed by atoms with Gasteiger partial charge < -0.3 is 10.6 Å². The second kappa shape index (κ2) is 7.81. The highest BCUT2D eigenvalue weighted by atomic mass is 16.2. The van der Waals surface area contributed by atoms with Gasteiger partial charge in [-0.2, -0.15) is 0 Å². The molecule has 0 atom stereocenters. The Morgan fingerprint density at radius 3 is 1.90 bits per heavy atom. The van der Waals surface area contributed by atoms with Crippen molar-refractivity contribution in [3.63, 3.8) is 0 Å². The minimum Gasteiger partial charge on any atom is -0.336 e. The number of carbonyl (C=O) groups excluding carboxylic acids is 2. The Balaban J connectivity index is 2.87. The van der Waals surface area contributed by atoms with Crippen LogP contribution in [-0.4, -0.2) is 18.0 Å². The molecule has 0 aliphatic rings. The summed E-state index contributed by atoms with van der Waals surface area (Å²) in [4.78, 5) is 23.5. The van der Waals surface area contributed by atoms with E-state index in [4.69, 9.17) is 0 Å². The summed E-state index contributed by atoms with van der Waals surface area (Å²) < 4.78 is 0. The van der Waals surface area contributed by atoms with Gasteiger partial charge in [0.15, 0.2) is 0 Å². The van der Waals surface area contributed by atoms with Gasteiger partial charge in [-0.1, -0.05) is 58.0 Å². The Hall–Kier alpha value is -1.84.